The van der Waals surface area contributed by atoms with Crippen molar-refractivity contribution in [2.75, 3.05) is 36.9 Å². The van der Waals surface area contributed by atoms with Gasteiger partial charge in [-0.3, -0.25) is 9.78 Å². The minimum Gasteiger partial charge on any atom is -0.390 e. The fraction of sp³-hybridized carbons (Fsp3) is 0.387. The molecule has 1 aliphatic rings. The molecular formula is C31H39N7O2S. The first-order valence-electron chi connectivity index (χ1n) is 13.8. The normalized spacial score (nSPS) is 14.8. The summed E-state index contributed by atoms with van der Waals surface area (Å²) in [7, 11) is 1.63. The highest BCUT2D eigenvalue weighted by Gasteiger charge is 2.30. The molecule has 1 aliphatic heterocycles. The third-order valence-electron chi connectivity index (χ3n) is 7.92. The maximum atomic E-state index is 12.3. The van der Waals surface area contributed by atoms with Gasteiger partial charge in [-0.25, -0.2) is 15.0 Å². The smallest absolute Gasteiger partial charge is 0.251 e. The van der Waals surface area contributed by atoms with Crippen LogP contribution in [0.2, 0.25) is 0 Å². The highest BCUT2D eigenvalue weighted by molar-refractivity contribution is 7.59. The highest BCUT2D eigenvalue weighted by atomic mass is 32.1. The predicted octanol–water partition coefficient (Wildman–Crippen LogP) is 4.76. The van der Waals surface area contributed by atoms with Crippen LogP contribution < -0.4 is 15.5 Å². The lowest BCUT2D eigenvalue weighted by Crippen LogP contribution is -2.42. The van der Waals surface area contributed by atoms with Gasteiger partial charge in [-0.15, -0.1) is 0 Å². The Morgan fingerprint density at radius 1 is 1.10 bits per heavy atom. The summed E-state index contributed by atoms with van der Waals surface area (Å²) in [6, 6.07) is 13.7. The molecule has 5 rings (SSSR count). The second-order valence-corrected chi connectivity index (χ2v) is 11.1. The zero-order chi connectivity index (χ0) is 28.3. The summed E-state index contributed by atoms with van der Waals surface area (Å²) in [6.45, 7) is 8.35. The van der Waals surface area contributed by atoms with Crippen molar-refractivity contribution in [1.82, 2.24) is 25.3 Å². The lowest BCUT2D eigenvalue weighted by Gasteiger charge is -2.38. The Labute approximate surface area is 248 Å². The van der Waals surface area contributed by atoms with Crippen LogP contribution >= 0.6 is 13.5 Å². The Kier molecular flexibility index (Phi) is 9.45. The maximum absolute atomic E-state index is 12.3. The van der Waals surface area contributed by atoms with Crippen LogP contribution in [-0.2, 0) is 0 Å². The number of amides is 1. The quantitative estimate of drug-likeness (QED) is 0.276. The predicted molar refractivity (Wildman–Crippen MR) is 169 cm³/mol. The molecule has 4 aromatic rings. The molecule has 3 N–H and O–H groups in total. The van der Waals surface area contributed by atoms with Crippen molar-refractivity contribution in [3.05, 3.63) is 72.3 Å². The van der Waals surface area contributed by atoms with Crippen LogP contribution in [0, 0.1) is 5.92 Å². The molecule has 0 spiro atoms. The van der Waals surface area contributed by atoms with Gasteiger partial charge in [-0.2, -0.15) is 13.5 Å². The number of aromatic nitrogens is 4. The molecule has 1 saturated heterocycles. The third-order valence-corrected chi connectivity index (χ3v) is 7.92. The maximum Gasteiger partial charge on any atom is 0.251 e. The van der Waals surface area contributed by atoms with E-state index in [0.29, 0.717) is 18.0 Å². The Balaban J connectivity index is 0.00000387. The molecule has 4 heterocycles. The molecule has 0 bridgehead atoms. The van der Waals surface area contributed by atoms with Crippen molar-refractivity contribution in [2.24, 2.45) is 5.92 Å². The summed E-state index contributed by atoms with van der Waals surface area (Å²) < 4.78 is 0. The van der Waals surface area contributed by atoms with Gasteiger partial charge in [0.2, 0.25) is 0 Å². The van der Waals surface area contributed by atoms with Gasteiger partial charge >= 0.3 is 0 Å². The first-order valence-corrected chi connectivity index (χ1v) is 13.8. The number of aliphatic hydroxyl groups is 1. The fourth-order valence-electron chi connectivity index (χ4n) is 5.45. The molecule has 0 aliphatic carbocycles. The number of nitrogens with zero attached hydrogens (tertiary/aromatic N) is 5. The lowest BCUT2D eigenvalue weighted by molar-refractivity contribution is 0.00645. The standard InChI is InChI=1S/C31H37N7O2.H2S/c1-20(23-6-5-7-24-25(30(39)32-4)10-13-33-29(23)24)17-34-27-16-26(36-19-37-27)21-8-9-28(35-18-21)38-14-11-22(12-15-38)31(2,3)40;/h5-10,13,16,18-20,22,40H,11-12,14-15,17H2,1-4H3,(H,32,39)(H,34,36,37);1H2/t20-;/m1./s1. The first-order chi connectivity index (χ1) is 19.2. The van der Waals surface area contributed by atoms with Crippen molar-refractivity contribution in [1.29, 1.82) is 0 Å². The third kappa shape index (κ3) is 6.77. The molecule has 1 fully saturated rings. The Morgan fingerprint density at radius 3 is 2.56 bits per heavy atom. The topological polar surface area (TPSA) is 116 Å². The molecule has 0 radical (unpaired) electrons. The van der Waals surface area contributed by atoms with Crippen LogP contribution in [0.1, 0.15) is 55.5 Å². The van der Waals surface area contributed by atoms with Gasteiger partial charge in [0, 0.05) is 62.0 Å². The highest BCUT2D eigenvalue weighted by Crippen LogP contribution is 2.31. The molecule has 41 heavy (non-hydrogen) atoms. The number of rotatable bonds is 8. The summed E-state index contributed by atoms with van der Waals surface area (Å²) in [5.74, 6) is 1.99. The number of pyridine rings is 2. The fourth-order valence-corrected chi connectivity index (χ4v) is 5.45. The number of anilines is 2. The molecule has 9 nitrogen and oxygen atoms in total. The van der Waals surface area contributed by atoms with E-state index in [1.807, 2.05) is 50.4 Å². The van der Waals surface area contributed by atoms with E-state index < -0.39 is 5.60 Å². The first kappa shape index (κ1) is 30.2. The number of hydrogen-bond acceptors (Lipinski definition) is 8. The lowest BCUT2D eigenvalue weighted by atomic mass is 9.83. The van der Waals surface area contributed by atoms with Crippen molar-refractivity contribution in [3.63, 3.8) is 0 Å². The van der Waals surface area contributed by atoms with Gasteiger partial charge in [-0.05, 0) is 56.4 Å². The summed E-state index contributed by atoms with van der Waals surface area (Å²) >= 11 is 0. The van der Waals surface area contributed by atoms with Crippen molar-refractivity contribution in [3.8, 4) is 11.3 Å². The summed E-state index contributed by atoms with van der Waals surface area (Å²) in [5.41, 5.74) is 3.60. The Bertz CT molecular complexity index is 1480. The molecule has 1 atom stereocenters. The molecule has 0 saturated carbocycles. The van der Waals surface area contributed by atoms with Crippen molar-refractivity contribution in [2.45, 2.75) is 45.1 Å². The van der Waals surface area contributed by atoms with Gasteiger partial charge < -0.3 is 20.6 Å². The molecule has 216 valence electrons. The van der Waals surface area contributed by atoms with E-state index >= 15 is 0 Å². The van der Waals surface area contributed by atoms with Gasteiger partial charge in [0.15, 0.2) is 0 Å². The Morgan fingerprint density at radius 2 is 1.88 bits per heavy atom. The number of piperidine rings is 1. The largest absolute Gasteiger partial charge is 0.390 e. The number of nitrogens with one attached hydrogen (secondary N) is 2. The number of carbonyl (C=O) groups excluding carboxylic acids is 1. The van der Waals surface area contributed by atoms with Crippen LogP contribution in [0.25, 0.3) is 22.2 Å². The van der Waals surface area contributed by atoms with E-state index in [9.17, 15) is 9.90 Å². The van der Waals surface area contributed by atoms with E-state index in [2.05, 4.69) is 43.5 Å². The zero-order valence-corrected chi connectivity index (χ0v) is 25.1. The van der Waals surface area contributed by atoms with Crippen molar-refractivity contribution < 1.29 is 9.90 Å². The number of hydrogen-bond donors (Lipinski definition) is 3. The van der Waals surface area contributed by atoms with Crippen LogP contribution in [-0.4, -0.2) is 63.2 Å². The number of fused-ring (bicyclic) bond motifs is 1. The summed E-state index contributed by atoms with van der Waals surface area (Å²) in [6.07, 6.45) is 7.02. The number of para-hydroxylation sites is 1. The second kappa shape index (κ2) is 12.8. The van der Waals surface area contributed by atoms with Crippen LogP contribution in [0.3, 0.4) is 0 Å². The summed E-state index contributed by atoms with van der Waals surface area (Å²) in [4.78, 5) is 32.8. The average molecular weight is 574 g/mol. The van der Waals surface area contributed by atoms with E-state index in [4.69, 9.17) is 4.98 Å². The number of carbonyl (C=O) groups is 1. The molecule has 10 heteroatoms. The van der Waals surface area contributed by atoms with Gasteiger partial charge in [0.05, 0.1) is 22.4 Å². The summed E-state index contributed by atoms with van der Waals surface area (Å²) in [5, 5.41) is 17.3. The van der Waals surface area contributed by atoms with Crippen molar-refractivity contribution >= 4 is 41.9 Å². The van der Waals surface area contributed by atoms with E-state index in [-0.39, 0.29) is 25.3 Å². The van der Waals surface area contributed by atoms with E-state index in [0.717, 1.165) is 65.3 Å². The molecule has 3 aromatic heterocycles. The number of benzene rings is 1. The SMILES string of the molecule is CNC(=O)c1ccnc2c([C@H](C)CNc3cc(-c4ccc(N5CCC(C(C)(C)O)CC5)nc4)ncn3)cccc12.S. The minimum absolute atomic E-state index is 0. The van der Waals surface area contributed by atoms with Crippen LogP contribution in [0.5, 0.6) is 0 Å². The van der Waals surface area contributed by atoms with Gasteiger partial charge in [-0.1, -0.05) is 25.1 Å². The molecular weight excluding hydrogens is 534 g/mol. The molecule has 1 amide bonds. The average Bonchev–Trinajstić information content (AvgIpc) is 2.98. The van der Waals surface area contributed by atoms with E-state index in [1.165, 1.54) is 0 Å². The van der Waals surface area contributed by atoms with Gasteiger partial charge in [0.1, 0.15) is 18.0 Å². The van der Waals surface area contributed by atoms with Crippen LogP contribution in [0.15, 0.2) is 61.2 Å². The van der Waals surface area contributed by atoms with Crippen LogP contribution in [0.4, 0.5) is 11.6 Å². The van der Waals surface area contributed by atoms with Gasteiger partial charge in [0.25, 0.3) is 5.91 Å². The molecule has 0 unspecified atom stereocenters. The molecule has 1 aromatic carbocycles. The van der Waals surface area contributed by atoms with E-state index in [1.54, 1.807) is 25.6 Å². The Hall–Kier alpha value is -3.76. The monoisotopic (exact) mass is 573 g/mol. The minimum atomic E-state index is -0.637. The zero-order valence-electron chi connectivity index (χ0n) is 24.1. The second-order valence-electron chi connectivity index (χ2n) is 11.1.